The van der Waals surface area contributed by atoms with Gasteiger partial charge in [0.1, 0.15) is 5.82 Å². The Balaban J connectivity index is 1.96. The van der Waals surface area contributed by atoms with Gasteiger partial charge in [-0.15, -0.1) is 0 Å². The molecular formula is C15H14FIN2O. The molecule has 104 valence electrons. The van der Waals surface area contributed by atoms with Crippen LogP contribution in [0.3, 0.4) is 0 Å². The van der Waals surface area contributed by atoms with Crippen molar-refractivity contribution in [3.05, 3.63) is 57.4 Å². The minimum absolute atomic E-state index is 0.135. The summed E-state index contributed by atoms with van der Waals surface area (Å²) >= 11 is 2.20. The first-order valence-corrected chi connectivity index (χ1v) is 7.18. The van der Waals surface area contributed by atoms with Gasteiger partial charge in [0.15, 0.2) is 0 Å². The number of halogens is 2. The highest BCUT2D eigenvalue weighted by Crippen LogP contribution is 2.18. The Morgan fingerprint density at radius 2 is 1.95 bits per heavy atom. The molecule has 5 heteroatoms. The molecule has 0 saturated carbocycles. The highest BCUT2D eigenvalue weighted by atomic mass is 127. The fourth-order valence-corrected chi connectivity index (χ4v) is 2.28. The molecule has 2 aromatic rings. The molecule has 0 spiro atoms. The molecule has 0 heterocycles. The van der Waals surface area contributed by atoms with Crippen molar-refractivity contribution >= 4 is 39.9 Å². The smallest absolute Gasteiger partial charge is 0.243 e. The minimum Gasteiger partial charge on any atom is -0.375 e. The Labute approximate surface area is 130 Å². The lowest BCUT2D eigenvalue weighted by Crippen LogP contribution is -2.22. The maximum absolute atomic E-state index is 13.1. The van der Waals surface area contributed by atoms with E-state index < -0.39 is 0 Å². The van der Waals surface area contributed by atoms with Gasteiger partial charge in [-0.2, -0.15) is 0 Å². The summed E-state index contributed by atoms with van der Waals surface area (Å²) in [7, 11) is 0. The number of hydrogen-bond acceptors (Lipinski definition) is 2. The Morgan fingerprint density at radius 3 is 2.70 bits per heavy atom. The zero-order valence-corrected chi connectivity index (χ0v) is 13.1. The highest BCUT2D eigenvalue weighted by Gasteiger charge is 2.06. The molecule has 0 aromatic heterocycles. The fraction of sp³-hybridized carbons (Fsp3) is 0.133. The molecular weight excluding hydrogens is 370 g/mol. The Kier molecular flexibility index (Phi) is 4.94. The van der Waals surface area contributed by atoms with Crippen LogP contribution in [0.25, 0.3) is 0 Å². The van der Waals surface area contributed by atoms with Gasteiger partial charge < -0.3 is 10.6 Å². The topological polar surface area (TPSA) is 41.1 Å². The van der Waals surface area contributed by atoms with Gasteiger partial charge >= 0.3 is 0 Å². The molecule has 0 bridgehead atoms. The summed E-state index contributed by atoms with van der Waals surface area (Å²) in [6, 6.07) is 12.0. The van der Waals surface area contributed by atoms with Crippen LogP contribution < -0.4 is 10.6 Å². The van der Waals surface area contributed by atoms with E-state index in [2.05, 4.69) is 33.2 Å². The first-order chi connectivity index (χ1) is 9.56. The summed E-state index contributed by atoms with van der Waals surface area (Å²) in [5.74, 6) is -0.574. The zero-order chi connectivity index (χ0) is 14.5. The second kappa shape index (κ2) is 6.69. The quantitative estimate of drug-likeness (QED) is 0.788. The monoisotopic (exact) mass is 384 g/mol. The summed E-state index contributed by atoms with van der Waals surface area (Å²) in [6.07, 6.45) is 0. The lowest BCUT2D eigenvalue weighted by molar-refractivity contribution is -0.114. The van der Waals surface area contributed by atoms with E-state index in [-0.39, 0.29) is 18.3 Å². The van der Waals surface area contributed by atoms with Crippen molar-refractivity contribution in [2.45, 2.75) is 6.92 Å². The second-order valence-electron chi connectivity index (χ2n) is 4.34. The van der Waals surface area contributed by atoms with Gasteiger partial charge in [0.2, 0.25) is 5.91 Å². The van der Waals surface area contributed by atoms with Crippen molar-refractivity contribution < 1.29 is 9.18 Å². The molecule has 0 aliphatic rings. The molecule has 0 aliphatic carbocycles. The van der Waals surface area contributed by atoms with Crippen molar-refractivity contribution in [2.24, 2.45) is 0 Å². The van der Waals surface area contributed by atoms with Crippen molar-refractivity contribution in [1.82, 2.24) is 0 Å². The van der Waals surface area contributed by atoms with E-state index >= 15 is 0 Å². The number of amides is 1. The summed E-state index contributed by atoms with van der Waals surface area (Å²) in [5, 5.41) is 5.75. The van der Waals surface area contributed by atoms with Gasteiger partial charge in [0.25, 0.3) is 0 Å². The van der Waals surface area contributed by atoms with E-state index in [1.807, 2.05) is 31.2 Å². The molecule has 2 N–H and O–H groups in total. The van der Waals surface area contributed by atoms with Crippen LogP contribution in [0, 0.1) is 16.3 Å². The second-order valence-corrected chi connectivity index (χ2v) is 5.50. The average Bonchev–Trinajstić information content (AvgIpc) is 2.42. The minimum atomic E-state index is -0.364. The molecule has 0 saturated heterocycles. The molecule has 0 fully saturated rings. The van der Waals surface area contributed by atoms with E-state index in [0.717, 1.165) is 14.8 Å². The van der Waals surface area contributed by atoms with Crippen LogP contribution in [0.2, 0.25) is 0 Å². The number of aryl methyl sites for hydroxylation is 1. The van der Waals surface area contributed by atoms with E-state index in [1.165, 1.54) is 12.1 Å². The molecule has 1 amide bonds. The number of nitrogens with one attached hydrogen (secondary N) is 2. The largest absolute Gasteiger partial charge is 0.375 e. The number of para-hydroxylation sites is 1. The first-order valence-electron chi connectivity index (χ1n) is 6.10. The number of carbonyl (C=O) groups is 1. The zero-order valence-electron chi connectivity index (χ0n) is 10.9. The molecule has 0 unspecified atom stereocenters. The predicted octanol–water partition coefficient (Wildman–Crippen LogP) is 3.79. The van der Waals surface area contributed by atoms with Crippen molar-refractivity contribution in [3.8, 4) is 0 Å². The van der Waals surface area contributed by atoms with Crippen LogP contribution in [0.1, 0.15) is 5.56 Å². The van der Waals surface area contributed by atoms with Crippen LogP contribution in [0.4, 0.5) is 15.8 Å². The average molecular weight is 384 g/mol. The maximum atomic E-state index is 13.1. The lowest BCUT2D eigenvalue weighted by Gasteiger charge is -2.11. The van der Waals surface area contributed by atoms with E-state index in [0.29, 0.717) is 5.69 Å². The number of rotatable bonds is 4. The number of anilines is 2. The number of carbonyl (C=O) groups excluding carboxylic acids is 1. The molecule has 20 heavy (non-hydrogen) atoms. The molecule has 3 nitrogen and oxygen atoms in total. The predicted molar refractivity (Wildman–Crippen MR) is 87.4 cm³/mol. The van der Waals surface area contributed by atoms with Crippen LogP contribution in [-0.4, -0.2) is 12.5 Å². The molecule has 0 radical (unpaired) electrons. The summed E-state index contributed by atoms with van der Waals surface area (Å²) < 4.78 is 14.2. The Morgan fingerprint density at radius 1 is 1.20 bits per heavy atom. The van der Waals surface area contributed by atoms with E-state index in [4.69, 9.17) is 0 Å². The van der Waals surface area contributed by atoms with E-state index in [9.17, 15) is 9.18 Å². The van der Waals surface area contributed by atoms with Crippen molar-refractivity contribution in [3.63, 3.8) is 0 Å². The SMILES string of the molecule is Cc1ccc(F)cc1NC(=O)CNc1ccccc1I. The summed E-state index contributed by atoms with van der Waals surface area (Å²) in [6.45, 7) is 1.96. The van der Waals surface area contributed by atoms with Gasteiger partial charge in [-0.05, 0) is 59.3 Å². The number of hydrogen-bond donors (Lipinski definition) is 2. The van der Waals surface area contributed by atoms with Gasteiger partial charge in [-0.25, -0.2) is 4.39 Å². The van der Waals surface area contributed by atoms with Gasteiger partial charge in [0, 0.05) is 14.9 Å². The molecule has 0 aliphatic heterocycles. The summed E-state index contributed by atoms with van der Waals surface area (Å²) in [5.41, 5.74) is 2.23. The van der Waals surface area contributed by atoms with Crippen LogP contribution in [0.5, 0.6) is 0 Å². The van der Waals surface area contributed by atoms with Crippen molar-refractivity contribution in [2.75, 3.05) is 17.2 Å². The third kappa shape index (κ3) is 3.93. The lowest BCUT2D eigenvalue weighted by atomic mass is 10.2. The Hall–Kier alpha value is -1.63. The van der Waals surface area contributed by atoms with Crippen LogP contribution in [-0.2, 0) is 4.79 Å². The third-order valence-electron chi connectivity index (χ3n) is 2.79. The first kappa shape index (κ1) is 14.8. The third-order valence-corrected chi connectivity index (χ3v) is 3.73. The van der Waals surface area contributed by atoms with Gasteiger partial charge in [0.05, 0.1) is 6.54 Å². The fourth-order valence-electron chi connectivity index (χ4n) is 1.70. The molecule has 0 atom stereocenters. The molecule has 2 aromatic carbocycles. The van der Waals surface area contributed by atoms with Crippen LogP contribution in [0.15, 0.2) is 42.5 Å². The Bertz CT molecular complexity index is 631. The van der Waals surface area contributed by atoms with E-state index in [1.54, 1.807) is 6.07 Å². The van der Waals surface area contributed by atoms with Gasteiger partial charge in [-0.3, -0.25) is 4.79 Å². The summed E-state index contributed by atoms with van der Waals surface area (Å²) in [4.78, 5) is 11.9. The highest BCUT2D eigenvalue weighted by molar-refractivity contribution is 14.1. The van der Waals surface area contributed by atoms with Crippen molar-refractivity contribution in [1.29, 1.82) is 0 Å². The standard InChI is InChI=1S/C15H14FIN2O/c1-10-6-7-11(16)8-14(10)19-15(20)9-18-13-5-3-2-4-12(13)17/h2-8,18H,9H2,1H3,(H,19,20). The van der Waals surface area contributed by atoms with Gasteiger partial charge in [-0.1, -0.05) is 18.2 Å². The normalized spacial score (nSPS) is 10.2. The number of benzene rings is 2. The molecule has 2 rings (SSSR count). The maximum Gasteiger partial charge on any atom is 0.243 e. The van der Waals surface area contributed by atoms with Crippen LogP contribution >= 0.6 is 22.6 Å².